The zero-order valence-corrected chi connectivity index (χ0v) is 15.3. The van der Waals surface area contributed by atoms with Gasteiger partial charge in [-0.15, -0.1) is 11.3 Å². The average molecular weight is 369 g/mol. The number of halogens is 1. The normalized spacial score (nSPS) is 11.9. The fourth-order valence-electron chi connectivity index (χ4n) is 2.60. The molecule has 0 aliphatic heterocycles. The van der Waals surface area contributed by atoms with Gasteiger partial charge in [-0.25, -0.2) is 9.37 Å². The minimum atomic E-state index is -0.286. The van der Waals surface area contributed by atoms with Crippen molar-refractivity contribution in [3.05, 3.63) is 71.1 Å². The highest BCUT2D eigenvalue weighted by Crippen LogP contribution is 2.21. The summed E-state index contributed by atoms with van der Waals surface area (Å²) < 4.78 is 13.7. The van der Waals surface area contributed by atoms with Gasteiger partial charge < -0.3 is 5.32 Å². The van der Waals surface area contributed by atoms with E-state index in [9.17, 15) is 9.18 Å². The maximum atomic E-state index is 13.7. The minimum Gasteiger partial charge on any atom is -0.355 e. The van der Waals surface area contributed by atoms with E-state index in [2.05, 4.69) is 15.3 Å². The molecule has 26 heavy (non-hydrogen) atoms. The summed E-state index contributed by atoms with van der Waals surface area (Å²) in [4.78, 5) is 21.1. The predicted octanol–water partition coefficient (Wildman–Crippen LogP) is 3.88. The van der Waals surface area contributed by atoms with Gasteiger partial charge >= 0.3 is 0 Å². The van der Waals surface area contributed by atoms with Crippen molar-refractivity contribution in [1.29, 1.82) is 0 Å². The summed E-state index contributed by atoms with van der Waals surface area (Å²) in [6, 6.07) is 12.3. The Labute approximate surface area is 156 Å². The molecule has 3 aromatic rings. The number of aromatic nitrogens is 2. The lowest BCUT2D eigenvalue weighted by Crippen LogP contribution is -2.32. The van der Waals surface area contributed by atoms with Crippen LogP contribution in [-0.2, 0) is 17.6 Å². The second-order valence-electron chi connectivity index (χ2n) is 6.10. The molecule has 0 aliphatic rings. The number of rotatable bonds is 7. The number of nitrogens with zero attached hydrogens (tertiary/aromatic N) is 2. The summed E-state index contributed by atoms with van der Waals surface area (Å²) in [6.07, 6.45) is 2.79. The van der Waals surface area contributed by atoms with E-state index in [1.165, 1.54) is 6.07 Å². The Morgan fingerprint density at radius 1 is 1.23 bits per heavy atom. The number of benzene rings is 1. The maximum Gasteiger partial charge on any atom is 0.223 e. The molecule has 1 amide bonds. The first-order valence-corrected chi connectivity index (χ1v) is 9.38. The van der Waals surface area contributed by atoms with Crippen LogP contribution >= 0.6 is 11.3 Å². The van der Waals surface area contributed by atoms with E-state index < -0.39 is 0 Å². The molecule has 2 aromatic heterocycles. The molecule has 1 atom stereocenters. The summed E-state index contributed by atoms with van der Waals surface area (Å²) in [6.45, 7) is 2.32. The van der Waals surface area contributed by atoms with Gasteiger partial charge in [-0.05, 0) is 30.2 Å². The molecule has 0 spiro atoms. The Hall–Kier alpha value is -2.60. The number of thiazole rings is 1. The van der Waals surface area contributed by atoms with Gasteiger partial charge in [0.1, 0.15) is 10.8 Å². The third kappa shape index (κ3) is 4.73. The van der Waals surface area contributed by atoms with Gasteiger partial charge in [0, 0.05) is 30.5 Å². The van der Waals surface area contributed by atoms with Gasteiger partial charge in [-0.3, -0.25) is 9.78 Å². The van der Waals surface area contributed by atoms with Crippen molar-refractivity contribution in [3.8, 4) is 10.7 Å². The maximum absolute atomic E-state index is 13.7. The Balaban J connectivity index is 1.48. The Bertz CT molecular complexity index is 866. The first kappa shape index (κ1) is 18.2. The number of carbonyl (C=O) groups excluding carboxylic acids is 1. The van der Waals surface area contributed by atoms with E-state index in [1.807, 2.05) is 30.5 Å². The molecule has 1 aromatic carbocycles. The summed E-state index contributed by atoms with van der Waals surface area (Å²) in [7, 11) is 0. The zero-order chi connectivity index (χ0) is 18.4. The molecular weight excluding hydrogens is 349 g/mol. The molecule has 1 unspecified atom stereocenters. The number of carbonyl (C=O) groups is 1. The smallest absolute Gasteiger partial charge is 0.223 e. The summed E-state index contributed by atoms with van der Waals surface area (Å²) in [5.41, 5.74) is 2.35. The Morgan fingerprint density at radius 3 is 2.81 bits per heavy atom. The largest absolute Gasteiger partial charge is 0.355 e. The van der Waals surface area contributed by atoms with E-state index in [1.54, 1.807) is 35.7 Å². The van der Waals surface area contributed by atoms with Gasteiger partial charge in [0.2, 0.25) is 5.91 Å². The summed E-state index contributed by atoms with van der Waals surface area (Å²) in [5.74, 6) is -0.628. The van der Waals surface area contributed by atoms with Crippen LogP contribution in [0, 0.1) is 11.7 Å². The highest BCUT2D eigenvalue weighted by molar-refractivity contribution is 7.13. The van der Waals surface area contributed by atoms with Crippen molar-refractivity contribution in [1.82, 2.24) is 15.3 Å². The fraction of sp³-hybridized carbons (Fsp3) is 0.250. The van der Waals surface area contributed by atoms with E-state index in [0.29, 0.717) is 24.9 Å². The third-order valence-electron chi connectivity index (χ3n) is 4.05. The van der Waals surface area contributed by atoms with Gasteiger partial charge in [0.25, 0.3) is 0 Å². The van der Waals surface area contributed by atoms with Crippen molar-refractivity contribution in [2.75, 3.05) is 6.54 Å². The molecule has 134 valence electrons. The Kier molecular flexibility index (Phi) is 6.07. The monoisotopic (exact) mass is 369 g/mol. The predicted molar refractivity (Wildman–Crippen MR) is 101 cm³/mol. The molecule has 1 N–H and O–H groups in total. The first-order valence-electron chi connectivity index (χ1n) is 8.50. The number of nitrogens with one attached hydrogen (secondary N) is 1. The van der Waals surface area contributed by atoms with Gasteiger partial charge in [0.15, 0.2) is 0 Å². The van der Waals surface area contributed by atoms with Crippen molar-refractivity contribution < 1.29 is 9.18 Å². The van der Waals surface area contributed by atoms with Crippen LogP contribution in [0.1, 0.15) is 18.2 Å². The van der Waals surface area contributed by atoms with E-state index in [0.717, 1.165) is 16.4 Å². The summed E-state index contributed by atoms with van der Waals surface area (Å²) >= 11 is 1.54. The lowest BCUT2D eigenvalue weighted by molar-refractivity contribution is -0.124. The Morgan fingerprint density at radius 2 is 2.04 bits per heavy atom. The molecule has 0 aliphatic carbocycles. The van der Waals surface area contributed by atoms with Gasteiger partial charge in [-0.2, -0.15) is 0 Å². The standard InChI is InChI=1S/C20H20FN3OS/c1-14(12-15-6-2-3-7-17(15)21)19(25)23-11-9-16-13-26-20(24-16)18-8-4-5-10-22-18/h2-8,10,13-14H,9,11-12H2,1H3,(H,23,25). The topological polar surface area (TPSA) is 54.9 Å². The minimum absolute atomic E-state index is 0.0755. The number of amides is 1. The SMILES string of the molecule is CC(Cc1ccccc1F)C(=O)NCCc1csc(-c2ccccn2)n1. The van der Waals surface area contributed by atoms with Crippen LogP contribution in [0.15, 0.2) is 54.0 Å². The van der Waals surface area contributed by atoms with Crippen molar-refractivity contribution in [3.63, 3.8) is 0 Å². The quantitative estimate of drug-likeness (QED) is 0.688. The number of hydrogen-bond acceptors (Lipinski definition) is 4. The van der Waals surface area contributed by atoms with Crippen molar-refractivity contribution in [2.24, 2.45) is 5.92 Å². The molecule has 0 radical (unpaired) electrons. The van der Waals surface area contributed by atoms with Crippen LogP contribution in [0.5, 0.6) is 0 Å². The van der Waals surface area contributed by atoms with Gasteiger partial charge in [-0.1, -0.05) is 31.2 Å². The molecule has 0 bridgehead atoms. The van der Waals surface area contributed by atoms with Crippen LogP contribution in [0.25, 0.3) is 10.7 Å². The second-order valence-corrected chi connectivity index (χ2v) is 6.95. The van der Waals surface area contributed by atoms with Crippen LogP contribution in [0.4, 0.5) is 4.39 Å². The number of hydrogen-bond donors (Lipinski definition) is 1. The lowest BCUT2D eigenvalue weighted by atomic mass is 10.00. The van der Waals surface area contributed by atoms with Crippen molar-refractivity contribution in [2.45, 2.75) is 19.8 Å². The molecule has 4 nitrogen and oxygen atoms in total. The molecule has 3 rings (SSSR count). The van der Waals surface area contributed by atoms with Gasteiger partial charge in [0.05, 0.1) is 11.4 Å². The first-order chi connectivity index (χ1) is 12.6. The number of pyridine rings is 1. The van der Waals surface area contributed by atoms with Crippen LogP contribution in [-0.4, -0.2) is 22.4 Å². The molecule has 6 heteroatoms. The van der Waals surface area contributed by atoms with E-state index >= 15 is 0 Å². The molecule has 0 saturated carbocycles. The van der Waals surface area contributed by atoms with E-state index in [-0.39, 0.29) is 17.6 Å². The lowest BCUT2D eigenvalue weighted by Gasteiger charge is -2.12. The van der Waals surface area contributed by atoms with Crippen molar-refractivity contribution >= 4 is 17.2 Å². The highest BCUT2D eigenvalue weighted by Gasteiger charge is 2.15. The zero-order valence-electron chi connectivity index (χ0n) is 14.5. The molecule has 2 heterocycles. The van der Waals surface area contributed by atoms with Crippen LogP contribution < -0.4 is 5.32 Å². The average Bonchev–Trinajstić information content (AvgIpc) is 3.13. The molecule has 0 fully saturated rings. The van der Waals surface area contributed by atoms with E-state index in [4.69, 9.17) is 0 Å². The van der Waals surface area contributed by atoms with Crippen LogP contribution in [0.3, 0.4) is 0 Å². The van der Waals surface area contributed by atoms with Crippen LogP contribution in [0.2, 0.25) is 0 Å². The molecular formula is C20H20FN3OS. The molecule has 0 saturated heterocycles. The highest BCUT2D eigenvalue weighted by atomic mass is 32.1. The second kappa shape index (κ2) is 8.67. The summed E-state index contributed by atoms with van der Waals surface area (Å²) in [5, 5.41) is 5.77. The third-order valence-corrected chi connectivity index (χ3v) is 4.96. The fourth-order valence-corrected chi connectivity index (χ4v) is 3.43.